The lowest BCUT2D eigenvalue weighted by atomic mass is 9.87. The Kier molecular flexibility index (Phi) is 6.42. The van der Waals surface area contributed by atoms with Crippen LogP contribution in [0.15, 0.2) is 65.6 Å². The van der Waals surface area contributed by atoms with Crippen LogP contribution in [-0.2, 0) is 21.9 Å². The van der Waals surface area contributed by atoms with Crippen molar-refractivity contribution in [1.82, 2.24) is 14.7 Å². The second kappa shape index (κ2) is 9.19. The Bertz CT molecular complexity index is 1520. The normalized spacial score (nSPS) is 12.0. The molecule has 0 saturated carbocycles. The number of H-pyrrole nitrogens is 1. The molecule has 182 valence electrons. The third-order valence-electron chi connectivity index (χ3n) is 5.87. The van der Waals surface area contributed by atoms with Crippen LogP contribution in [0.1, 0.15) is 53.8 Å². The molecular formula is C27H29N3O4S. The Morgan fingerprint density at radius 2 is 1.80 bits per heavy atom. The van der Waals surface area contributed by atoms with Gasteiger partial charge in [-0.15, -0.1) is 0 Å². The number of pyridine rings is 1. The number of fused-ring (bicyclic) bond motifs is 1. The van der Waals surface area contributed by atoms with Gasteiger partial charge in [-0.1, -0.05) is 45.0 Å². The predicted octanol–water partition coefficient (Wildman–Crippen LogP) is 4.89. The molecule has 0 aliphatic rings. The maximum atomic E-state index is 12.8. The summed E-state index contributed by atoms with van der Waals surface area (Å²) in [7, 11) is -2.38. The Morgan fingerprint density at radius 3 is 2.49 bits per heavy atom. The van der Waals surface area contributed by atoms with Gasteiger partial charge in [0.25, 0.3) is 15.9 Å². The molecule has 0 saturated heterocycles. The van der Waals surface area contributed by atoms with Gasteiger partial charge in [0.05, 0.1) is 12.0 Å². The van der Waals surface area contributed by atoms with E-state index in [1.807, 2.05) is 24.3 Å². The van der Waals surface area contributed by atoms with Crippen molar-refractivity contribution in [1.29, 1.82) is 0 Å². The quantitative estimate of drug-likeness (QED) is 0.400. The van der Waals surface area contributed by atoms with Gasteiger partial charge < -0.3 is 9.72 Å². The molecule has 0 spiro atoms. The standard InChI is InChI=1S/C27H29N3O4S/c1-17-9-6-7-12-24(17)35(32,33)30-26(31)22-11-8-10-18(28-22)15-21-20-14-13-19(34-5)16-23(20)29-25(21)27(2,3)4/h6-14,16,29H,15H2,1-5H3,(H,30,31). The van der Waals surface area contributed by atoms with E-state index < -0.39 is 15.9 Å². The first kappa shape index (κ1) is 24.5. The minimum absolute atomic E-state index is 0.0403. The fourth-order valence-electron chi connectivity index (χ4n) is 4.16. The largest absolute Gasteiger partial charge is 0.497 e. The molecule has 0 fully saturated rings. The number of aryl methyl sites for hydroxylation is 1. The average Bonchev–Trinajstić information content (AvgIpc) is 3.17. The number of amides is 1. The SMILES string of the molecule is COc1ccc2c(Cc3cccc(C(=O)NS(=O)(=O)c4ccccc4C)n3)c(C(C)(C)C)[nH]c2c1. The van der Waals surface area contributed by atoms with Crippen LogP contribution in [0.2, 0.25) is 0 Å². The van der Waals surface area contributed by atoms with Crippen LogP contribution in [0.25, 0.3) is 10.9 Å². The summed E-state index contributed by atoms with van der Waals surface area (Å²) in [6.07, 6.45) is 0.477. The number of nitrogens with zero attached hydrogens (tertiary/aromatic N) is 1. The van der Waals surface area contributed by atoms with Crippen molar-refractivity contribution >= 4 is 26.8 Å². The molecule has 2 aromatic carbocycles. The number of methoxy groups -OCH3 is 1. The zero-order valence-corrected chi connectivity index (χ0v) is 21.3. The predicted molar refractivity (Wildman–Crippen MR) is 136 cm³/mol. The highest BCUT2D eigenvalue weighted by atomic mass is 32.2. The number of benzene rings is 2. The van der Waals surface area contributed by atoms with Crippen LogP contribution in [0.5, 0.6) is 5.75 Å². The van der Waals surface area contributed by atoms with E-state index in [4.69, 9.17) is 4.74 Å². The highest BCUT2D eigenvalue weighted by molar-refractivity contribution is 7.90. The van der Waals surface area contributed by atoms with Crippen molar-refractivity contribution in [3.63, 3.8) is 0 Å². The summed E-state index contributed by atoms with van der Waals surface area (Å²) in [6.45, 7) is 8.08. The van der Waals surface area contributed by atoms with E-state index in [-0.39, 0.29) is 16.0 Å². The van der Waals surface area contributed by atoms with Gasteiger partial charge in [0.15, 0.2) is 0 Å². The third-order valence-corrected chi connectivity index (χ3v) is 7.36. The molecule has 2 heterocycles. The number of aromatic amines is 1. The maximum absolute atomic E-state index is 12.8. The number of nitrogens with one attached hydrogen (secondary N) is 2. The summed E-state index contributed by atoms with van der Waals surface area (Å²) in [6, 6.07) is 17.5. The number of rotatable bonds is 6. The van der Waals surface area contributed by atoms with Crippen molar-refractivity contribution in [3.8, 4) is 5.75 Å². The van der Waals surface area contributed by atoms with Gasteiger partial charge in [-0.25, -0.2) is 18.1 Å². The van der Waals surface area contributed by atoms with E-state index >= 15 is 0 Å². The first-order valence-electron chi connectivity index (χ1n) is 11.3. The van der Waals surface area contributed by atoms with E-state index in [1.165, 1.54) is 12.1 Å². The molecule has 2 N–H and O–H groups in total. The first-order chi connectivity index (χ1) is 16.5. The maximum Gasteiger partial charge on any atom is 0.283 e. The summed E-state index contributed by atoms with van der Waals surface area (Å²) in [5.41, 5.74) is 4.21. The Hall–Kier alpha value is -3.65. The summed E-state index contributed by atoms with van der Waals surface area (Å²) in [4.78, 5) is 20.9. The van der Waals surface area contributed by atoms with E-state index in [2.05, 4.69) is 35.5 Å². The number of hydrogen-bond donors (Lipinski definition) is 2. The number of carbonyl (C=O) groups excluding carboxylic acids is 1. The van der Waals surface area contributed by atoms with E-state index in [1.54, 1.807) is 38.3 Å². The van der Waals surface area contributed by atoms with Gasteiger partial charge in [0, 0.05) is 40.2 Å². The van der Waals surface area contributed by atoms with Crippen molar-refractivity contribution in [3.05, 3.63) is 88.9 Å². The van der Waals surface area contributed by atoms with Crippen LogP contribution < -0.4 is 9.46 Å². The number of sulfonamides is 1. The summed E-state index contributed by atoms with van der Waals surface area (Å²) >= 11 is 0. The molecule has 0 radical (unpaired) electrons. The minimum Gasteiger partial charge on any atom is -0.497 e. The van der Waals surface area contributed by atoms with Crippen molar-refractivity contribution in [2.75, 3.05) is 7.11 Å². The average molecular weight is 492 g/mol. The van der Waals surface area contributed by atoms with Crippen LogP contribution >= 0.6 is 0 Å². The molecule has 2 aromatic heterocycles. The highest BCUT2D eigenvalue weighted by Crippen LogP contribution is 2.34. The second-order valence-corrected chi connectivity index (χ2v) is 11.2. The summed E-state index contributed by atoms with van der Waals surface area (Å²) in [5.74, 6) is -0.00720. The van der Waals surface area contributed by atoms with E-state index in [0.717, 1.165) is 27.9 Å². The topological polar surface area (TPSA) is 101 Å². The van der Waals surface area contributed by atoms with Gasteiger partial charge in [0.1, 0.15) is 11.4 Å². The van der Waals surface area contributed by atoms with Gasteiger partial charge >= 0.3 is 0 Å². The monoisotopic (exact) mass is 491 g/mol. The zero-order valence-electron chi connectivity index (χ0n) is 20.5. The molecule has 35 heavy (non-hydrogen) atoms. The Morgan fingerprint density at radius 1 is 1.06 bits per heavy atom. The third kappa shape index (κ3) is 5.07. The molecule has 4 rings (SSSR count). The Labute approximate surface area is 205 Å². The first-order valence-corrected chi connectivity index (χ1v) is 12.8. The molecule has 1 amide bonds. The molecular weight excluding hydrogens is 462 g/mol. The molecule has 0 aliphatic heterocycles. The highest BCUT2D eigenvalue weighted by Gasteiger charge is 2.24. The van der Waals surface area contributed by atoms with Crippen LogP contribution in [0, 0.1) is 6.92 Å². The van der Waals surface area contributed by atoms with Crippen molar-refractivity contribution in [2.24, 2.45) is 0 Å². The van der Waals surface area contributed by atoms with Crippen molar-refractivity contribution in [2.45, 2.75) is 44.4 Å². The summed E-state index contributed by atoms with van der Waals surface area (Å²) in [5, 5.41) is 1.05. The lowest BCUT2D eigenvalue weighted by molar-refractivity contribution is 0.0976. The summed E-state index contributed by atoms with van der Waals surface area (Å²) < 4.78 is 33.0. The minimum atomic E-state index is -4.02. The molecule has 4 aromatic rings. The van der Waals surface area contributed by atoms with Crippen molar-refractivity contribution < 1.29 is 17.9 Å². The second-order valence-electron chi connectivity index (χ2n) is 9.53. The van der Waals surface area contributed by atoms with Crippen LogP contribution in [0.4, 0.5) is 0 Å². The van der Waals surface area contributed by atoms with E-state index in [9.17, 15) is 13.2 Å². The van der Waals surface area contributed by atoms with Crippen LogP contribution in [0.3, 0.4) is 0 Å². The number of aromatic nitrogens is 2. The fraction of sp³-hybridized carbons (Fsp3) is 0.259. The Balaban J connectivity index is 1.66. The van der Waals surface area contributed by atoms with E-state index in [0.29, 0.717) is 17.7 Å². The fourth-order valence-corrected chi connectivity index (χ4v) is 5.37. The van der Waals surface area contributed by atoms with Gasteiger partial charge in [-0.05, 0) is 48.4 Å². The molecule has 7 nitrogen and oxygen atoms in total. The number of carbonyl (C=O) groups is 1. The molecule has 0 unspecified atom stereocenters. The lowest BCUT2D eigenvalue weighted by Gasteiger charge is -2.19. The molecule has 0 atom stereocenters. The number of ether oxygens (including phenoxy) is 1. The number of hydrogen-bond acceptors (Lipinski definition) is 5. The smallest absolute Gasteiger partial charge is 0.283 e. The van der Waals surface area contributed by atoms with Gasteiger partial charge in [-0.2, -0.15) is 0 Å². The molecule has 8 heteroatoms. The zero-order chi connectivity index (χ0) is 25.4. The van der Waals surface area contributed by atoms with Gasteiger partial charge in [0.2, 0.25) is 0 Å². The molecule has 0 bridgehead atoms. The van der Waals surface area contributed by atoms with Crippen LogP contribution in [-0.4, -0.2) is 31.4 Å². The van der Waals surface area contributed by atoms with Gasteiger partial charge in [-0.3, -0.25) is 4.79 Å². The lowest BCUT2D eigenvalue weighted by Crippen LogP contribution is -2.31. The molecule has 0 aliphatic carbocycles.